The van der Waals surface area contributed by atoms with Gasteiger partial charge >= 0.3 is 0 Å². The first kappa shape index (κ1) is 14.5. The number of benzene rings is 1. The Labute approximate surface area is 128 Å². The van der Waals surface area contributed by atoms with Crippen LogP contribution in [-0.4, -0.2) is 24.8 Å². The van der Waals surface area contributed by atoms with Crippen LogP contribution in [0.2, 0.25) is 0 Å². The standard InChI is InChI=1S/C16H21BrFNO/c1-2-19-15(13-9-12-4-6-16(13)20-12)8-10-7-11(17)3-5-14(10)18/h3,5,7,12-13,15-16,19H,2,4,6,8-9H2,1H3. The molecule has 2 aliphatic rings. The van der Waals surface area contributed by atoms with Gasteiger partial charge in [-0.15, -0.1) is 0 Å². The summed E-state index contributed by atoms with van der Waals surface area (Å²) in [5.41, 5.74) is 0.785. The summed E-state index contributed by atoms with van der Waals surface area (Å²) in [4.78, 5) is 0. The molecule has 2 heterocycles. The first-order valence-corrected chi connectivity index (χ1v) is 8.29. The highest BCUT2D eigenvalue weighted by molar-refractivity contribution is 9.10. The van der Waals surface area contributed by atoms with Crippen LogP contribution < -0.4 is 5.32 Å². The van der Waals surface area contributed by atoms with Crippen molar-refractivity contribution in [3.8, 4) is 0 Å². The number of fused-ring (bicyclic) bond motifs is 2. The van der Waals surface area contributed by atoms with Crippen molar-refractivity contribution in [3.63, 3.8) is 0 Å². The van der Waals surface area contributed by atoms with Crippen molar-refractivity contribution in [2.24, 2.45) is 5.92 Å². The van der Waals surface area contributed by atoms with E-state index in [9.17, 15) is 4.39 Å². The van der Waals surface area contributed by atoms with E-state index in [1.54, 1.807) is 12.1 Å². The molecule has 20 heavy (non-hydrogen) atoms. The van der Waals surface area contributed by atoms with Crippen LogP contribution >= 0.6 is 15.9 Å². The fraction of sp³-hybridized carbons (Fsp3) is 0.625. The molecule has 0 aromatic heterocycles. The predicted octanol–water partition coefficient (Wildman–Crippen LogP) is 3.68. The molecule has 1 aromatic carbocycles. The van der Waals surface area contributed by atoms with E-state index in [4.69, 9.17) is 4.74 Å². The van der Waals surface area contributed by atoms with E-state index in [1.807, 2.05) is 6.07 Å². The molecule has 2 aliphatic heterocycles. The van der Waals surface area contributed by atoms with Gasteiger partial charge in [-0.05, 0) is 56.0 Å². The van der Waals surface area contributed by atoms with Gasteiger partial charge in [-0.25, -0.2) is 4.39 Å². The molecule has 4 atom stereocenters. The van der Waals surface area contributed by atoms with Gasteiger partial charge in [0.25, 0.3) is 0 Å². The van der Waals surface area contributed by atoms with Crippen LogP contribution in [-0.2, 0) is 11.2 Å². The number of hydrogen-bond donors (Lipinski definition) is 1. The second-order valence-corrected chi connectivity index (χ2v) is 6.79. The Morgan fingerprint density at radius 2 is 2.30 bits per heavy atom. The van der Waals surface area contributed by atoms with Crippen LogP contribution in [0.4, 0.5) is 4.39 Å². The van der Waals surface area contributed by atoms with Gasteiger partial charge in [0, 0.05) is 16.4 Å². The second kappa shape index (κ2) is 6.12. The molecule has 1 aromatic rings. The molecule has 2 fully saturated rings. The lowest BCUT2D eigenvalue weighted by molar-refractivity contribution is 0.0858. The monoisotopic (exact) mass is 341 g/mol. The normalized spacial score (nSPS) is 29.9. The summed E-state index contributed by atoms with van der Waals surface area (Å²) in [6.45, 7) is 3.02. The van der Waals surface area contributed by atoms with Gasteiger partial charge in [0.05, 0.1) is 12.2 Å². The Balaban J connectivity index is 1.75. The van der Waals surface area contributed by atoms with Crippen LogP contribution in [0.5, 0.6) is 0 Å². The SMILES string of the molecule is CCNC(Cc1cc(Br)ccc1F)C1CC2CCC1O2. The van der Waals surface area contributed by atoms with Gasteiger partial charge < -0.3 is 10.1 Å². The van der Waals surface area contributed by atoms with Gasteiger partial charge in [-0.2, -0.15) is 0 Å². The molecule has 0 aliphatic carbocycles. The minimum absolute atomic E-state index is 0.111. The molecule has 4 unspecified atom stereocenters. The molecule has 0 radical (unpaired) electrons. The number of halogens is 2. The van der Waals surface area contributed by atoms with E-state index < -0.39 is 0 Å². The highest BCUT2D eigenvalue weighted by Gasteiger charge is 2.44. The third kappa shape index (κ3) is 2.92. The van der Waals surface area contributed by atoms with Gasteiger partial charge in [0.2, 0.25) is 0 Å². The minimum Gasteiger partial charge on any atom is -0.375 e. The molecule has 2 saturated heterocycles. The third-order valence-electron chi connectivity index (χ3n) is 4.58. The highest BCUT2D eigenvalue weighted by atomic mass is 79.9. The van der Waals surface area contributed by atoms with E-state index in [1.165, 1.54) is 6.42 Å². The maximum atomic E-state index is 14.0. The van der Waals surface area contributed by atoms with Crippen LogP contribution in [0.1, 0.15) is 31.7 Å². The van der Waals surface area contributed by atoms with E-state index in [0.717, 1.165) is 35.8 Å². The molecular weight excluding hydrogens is 321 g/mol. The summed E-state index contributed by atoms with van der Waals surface area (Å²) < 4.78 is 20.9. The zero-order valence-electron chi connectivity index (χ0n) is 11.7. The maximum absolute atomic E-state index is 14.0. The van der Waals surface area contributed by atoms with Gasteiger partial charge in [0.1, 0.15) is 5.82 Å². The Hall–Kier alpha value is -0.450. The smallest absolute Gasteiger partial charge is 0.126 e. The van der Waals surface area contributed by atoms with Crippen molar-refractivity contribution in [1.82, 2.24) is 5.32 Å². The molecule has 2 nitrogen and oxygen atoms in total. The first-order valence-electron chi connectivity index (χ1n) is 7.50. The summed E-state index contributed by atoms with van der Waals surface area (Å²) in [6, 6.07) is 5.49. The Morgan fingerprint density at radius 3 is 2.95 bits per heavy atom. The third-order valence-corrected chi connectivity index (χ3v) is 5.08. The number of ether oxygens (including phenoxy) is 1. The molecule has 4 heteroatoms. The molecule has 2 bridgehead atoms. The molecule has 0 amide bonds. The minimum atomic E-state index is -0.111. The van der Waals surface area contributed by atoms with Gasteiger partial charge in [0.15, 0.2) is 0 Å². The molecular formula is C16H21BrFNO. The molecule has 0 spiro atoms. The summed E-state index contributed by atoms with van der Waals surface area (Å²) in [5, 5.41) is 3.54. The molecule has 0 saturated carbocycles. The summed E-state index contributed by atoms with van der Waals surface area (Å²) in [6.07, 6.45) is 5.04. The Kier molecular flexibility index (Phi) is 4.43. The fourth-order valence-corrected chi connectivity index (χ4v) is 4.08. The average molecular weight is 342 g/mol. The summed E-state index contributed by atoms with van der Waals surface area (Å²) in [5.74, 6) is 0.409. The lowest BCUT2D eigenvalue weighted by Crippen LogP contribution is -2.42. The van der Waals surface area contributed by atoms with Crippen LogP contribution in [0, 0.1) is 11.7 Å². The molecule has 110 valence electrons. The average Bonchev–Trinajstić information content (AvgIpc) is 3.05. The zero-order valence-corrected chi connectivity index (χ0v) is 13.3. The van der Waals surface area contributed by atoms with Crippen LogP contribution in [0.3, 0.4) is 0 Å². The van der Waals surface area contributed by atoms with Gasteiger partial charge in [-0.1, -0.05) is 22.9 Å². The summed E-state index contributed by atoms with van der Waals surface area (Å²) >= 11 is 3.43. The van der Waals surface area contributed by atoms with Crippen molar-refractivity contribution in [2.75, 3.05) is 6.54 Å². The number of rotatable bonds is 5. The van der Waals surface area contributed by atoms with Crippen molar-refractivity contribution in [2.45, 2.75) is 50.9 Å². The van der Waals surface area contributed by atoms with Crippen molar-refractivity contribution in [1.29, 1.82) is 0 Å². The van der Waals surface area contributed by atoms with E-state index in [2.05, 4.69) is 28.2 Å². The first-order chi connectivity index (χ1) is 9.67. The van der Waals surface area contributed by atoms with E-state index in [-0.39, 0.29) is 5.82 Å². The van der Waals surface area contributed by atoms with Crippen LogP contribution in [0.15, 0.2) is 22.7 Å². The number of nitrogens with one attached hydrogen (secondary N) is 1. The molecule has 3 rings (SSSR count). The Bertz CT molecular complexity index is 482. The second-order valence-electron chi connectivity index (χ2n) is 5.88. The van der Waals surface area contributed by atoms with Crippen LogP contribution in [0.25, 0.3) is 0 Å². The number of likely N-dealkylation sites (N-methyl/N-ethyl adjacent to an activating group) is 1. The predicted molar refractivity (Wildman–Crippen MR) is 81.3 cm³/mol. The summed E-state index contributed by atoms with van der Waals surface area (Å²) in [7, 11) is 0. The highest BCUT2D eigenvalue weighted by Crippen LogP contribution is 2.41. The van der Waals surface area contributed by atoms with Crippen molar-refractivity contribution < 1.29 is 9.13 Å². The largest absolute Gasteiger partial charge is 0.375 e. The van der Waals surface area contributed by atoms with Crippen molar-refractivity contribution in [3.05, 3.63) is 34.1 Å². The van der Waals surface area contributed by atoms with E-state index in [0.29, 0.717) is 24.2 Å². The lowest BCUT2D eigenvalue weighted by atomic mass is 9.81. The lowest BCUT2D eigenvalue weighted by Gasteiger charge is -2.29. The molecule has 1 N–H and O–H groups in total. The van der Waals surface area contributed by atoms with Crippen molar-refractivity contribution >= 4 is 15.9 Å². The van der Waals surface area contributed by atoms with Gasteiger partial charge in [-0.3, -0.25) is 0 Å². The van der Waals surface area contributed by atoms with E-state index >= 15 is 0 Å². The Morgan fingerprint density at radius 1 is 1.45 bits per heavy atom. The maximum Gasteiger partial charge on any atom is 0.126 e. The topological polar surface area (TPSA) is 21.3 Å². The number of hydrogen-bond acceptors (Lipinski definition) is 2. The quantitative estimate of drug-likeness (QED) is 0.882. The zero-order chi connectivity index (χ0) is 14.1. The fourth-order valence-electron chi connectivity index (χ4n) is 3.67.